The molecule has 0 atom stereocenters. The molecule has 4 N–H and O–H groups in total. The molecule has 0 aliphatic heterocycles. The third-order valence-electron chi connectivity index (χ3n) is 2.58. The molecular weight excluding hydrogens is 202 g/mol. The highest BCUT2D eigenvalue weighted by molar-refractivity contribution is 5.26. The van der Waals surface area contributed by atoms with Crippen LogP contribution in [0.4, 0.5) is 0 Å². The third-order valence-corrected chi connectivity index (χ3v) is 2.58. The van der Waals surface area contributed by atoms with Crippen LogP contribution in [-0.2, 0) is 12.8 Å². The van der Waals surface area contributed by atoms with E-state index < -0.39 is 0 Å². The first kappa shape index (κ1) is 10.7. The first-order valence-electron chi connectivity index (χ1n) is 5.33. The molecule has 1 aromatic carbocycles. The average molecular weight is 217 g/mol. The van der Waals surface area contributed by atoms with Crippen molar-refractivity contribution in [1.82, 2.24) is 10.2 Å². The van der Waals surface area contributed by atoms with Crippen molar-refractivity contribution in [1.29, 1.82) is 0 Å². The molecule has 0 aliphatic rings. The van der Waals surface area contributed by atoms with Gasteiger partial charge in [0.2, 0.25) is 0 Å². The van der Waals surface area contributed by atoms with Crippen LogP contribution in [0.3, 0.4) is 0 Å². The first-order valence-corrected chi connectivity index (χ1v) is 5.33. The highest BCUT2D eigenvalue weighted by Gasteiger charge is 2.08. The molecule has 4 nitrogen and oxygen atoms in total. The molecule has 0 bridgehead atoms. The van der Waals surface area contributed by atoms with Gasteiger partial charge in [-0.25, -0.2) is 0 Å². The van der Waals surface area contributed by atoms with Gasteiger partial charge in [-0.3, -0.25) is 9.89 Å². The van der Waals surface area contributed by atoms with E-state index in [1.54, 1.807) is 0 Å². The largest absolute Gasteiger partial charge is 0.330 e. The summed E-state index contributed by atoms with van der Waals surface area (Å²) >= 11 is 0. The summed E-state index contributed by atoms with van der Waals surface area (Å²) in [6, 6.07) is 10.0. The van der Waals surface area contributed by atoms with Crippen molar-refractivity contribution in [3.05, 3.63) is 57.5 Å². The second-order valence-electron chi connectivity index (χ2n) is 3.74. The fraction of sp³-hybridized carbons (Fsp3) is 0.250. The fourth-order valence-electron chi connectivity index (χ4n) is 1.78. The van der Waals surface area contributed by atoms with Crippen LogP contribution in [0, 0.1) is 0 Å². The molecule has 0 saturated carbocycles. The number of hydrogen-bond donors (Lipinski definition) is 3. The molecule has 0 aliphatic carbocycles. The summed E-state index contributed by atoms with van der Waals surface area (Å²) in [5.74, 6) is 0. The molecular formula is C12H15N3O. The topological polar surface area (TPSA) is 74.7 Å². The lowest BCUT2D eigenvalue weighted by Crippen LogP contribution is -2.13. The minimum absolute atomic E-state index is 0.0589. The lowest BCUT2D eigenvalue weighted by molar-refractivity contribution is 0.932. The Balaban J connectivity index is 2.25. The van der Waals surface area contributed by atoms with E-state index in [1.165, 1.54) is 5.56 Å². The summed E-state index contributed by atoms with van der Waals surface area (Å²) < 4.78 is 0. The van der Waals surface area contributed by atoms with Gasteiger partial charge in [0.1, 0.15) is 0 Å². The Hall–Kier alpha value is -1.81. The molecule has 0 amide bonds. The van der Waals surface area contributed by atoms with Gasteiger partial charge in [-0.2, -0.15) is 0 Å². The van der Waals surface area contributed by atoms with Crippen LogP contribution in [-0.4, -0.2) is 16.7 Å². The summed E-state index contributed by atoms with van der Waals surface area (Å²) in [6.07, 6.45) is 1.34. The Kier molecular flexibility index (Phi) is 3.22. The standard InChI is InChI=1S/C12H15N3O/c13-7-6-10-11(14-15-12(10)16)8-9-4-2-1-3-5-9/h1-5H,6-8,13H2,(H2,14,15,16). The predicted octanol–water partition coefficient (Wildman–Crippen LogP) is 0.795. The van der Waals surface area contributed by atoms with E-state index in [4.69, 9.17) is 5.73 Å². The zero-order valence-electron chi connectivity index (χ0n) is 8.99. The van der Waals surface area contributed by atoms with Crippen LogP contribution in [0.25, 0.3) is 0 Å². The summed E-state index contributed by atoms with van der Waals surface area (Å²) in [7, 11) is 0. The van der Waals surface area contributed by atoms with Gasteiger partial charge in [0.25, 0.3) is 5.56 Å². The Morgan fingerprint density at radius 2 is 1.88 bits per heavy atom. The Morgan fingerprint density at radius 1 is 1.12 bits per heavy atom. The quantitative estimate of drug-likeness (QED) is 0.708. The normalized spacial score (nSPS) is 10.6. The Bertz CT molecular complexity index is 498. The van der Waals surface area contributed by atoms with Crippen molar-refractivity contribution >= 4 is 0 Å². The van der Waals surface area contributed by atoms with Crippen molar-refractivity contribution in [3.63, 3.8) is 0 Å². The maximum absolute atomic E-state index is 11.5. The second kappa shape index (κ2) is 4.81. The molecule has 84 valence electrons. The van der Waals surface area contributed by atoms with E-state index in [-0.39, 0.29) is 5.56 Å². The number of rotatable bonds is 4. The maximum atomic E-state index is 11.5. The number of hydrogen-bond acceptors (Lipinski definition) is 2. The molecule has 0 spiro atoms. The maximum Gasteiger partial charge on any atom is 0.267 e. The van der Waals surface area contributed by atoms with Crippen LogP contribution >= 0.6 is 0 Å². The van der Waals surface area contributed by atoms with Crippen LogP contribution in [0.2, 0.25) is 0 Å². The van der Waals surface area contributed by atoms with Gasteiger partial charge >= 0.3 is 0 Å². The van der Waals surface area contributed by atoms with Gasteiger partial charge in [0, 0.05) is 17.7 Å². The minimum Gasteiger partial charge on any atom is -0.330 e. The van der Waals surface area contributed by atoms with Crippen molar-refractivity contribution in [2.24, 2.45) is 5.73 Å². The summed E-state index contributed by atoms with van der Waals surface area (Å²) in [6.45, 7) is 0.489. The molecule has 4 heteroatoms. The molecule has 2 aromatic rings. The van der Waals surface area contributed by atoms with Gasteiger partial charge in [0.15, 0.2) is 0 Å². The third kappa shape index (κ3) is 2.23. The monoisotopic (exact) mass is 217 g/mol. The molecule has 2 rings (SSSR count). The SMILES string of the molecule is NCCc1c(Cc2ccccc2)[nH][nH]c1=O. The highest BCUT2D eigenvalue weighted by Crippen LogP contribution is 2.08. The zero-order chi connectivity index (χ0) is 11.4. The molecule has 0 unspecified atom stereocenters. The van der Waals surface area contributed by atoms with Gasteiger partial charge < -0.3 is 10.8 Å². The van der Waals surface area contributed by atoms with Gasteiger partial charge in [0.05, 0.1) is 0 Å². The van der Waals surface area contributed by atoms with Crippen molar-refractivity contribution in [2.45, 2.75) is 12.8 Å². The Morgan fingerprint density at radius 3 is 2.56 bits per heavy atom. The lowest BCUT2D eigenvalue weighted by atomic mass is 10.1. The van der Waals surface area contributed by atoms with E-state index in [1.807, 2.05) is 30.3 Å². The van der Waals surface area contributed by atoms with Crippen molar-refractivity contribution in [2.75, 3.05) is 6.54 Å². The number of nitrogens with two attached hydrogens (primary N) is 1. The Labute approximate surface area is 93.5 Å². The van der Waals surface area contributed by atoms with Gasteiger partial charge in [-0.05, 0) is 18.5 Å². The molecule has 16 heavy (non-hydrogen) atoms. The van der Waals surface area contributed by atoms with Gasteiger partial charge in [-0.15, -0.1) is 0 Å². The first-order chi connectivity index (χ1) is 7.81. The van der Waals surface area contributed by atoms with E-state index in [0.717, 1.165) is 17.7 Å². The number of nitrogens with one attached hydrogen (secondary N) is 2. The smallest absolute Gasteiger partial charge is 0.267 e. The predicted molar refractivity (Wildman–Crippen MR) is 63.4 cm³/mol. The fourth-order valence-corrected chi connectivity index (χ4v) is 1.78. The summed E-state index contributed by atoms with van der Waals surface area (Å²) in [5, 5.41) is 5.52. The molecule has 1 aromatic heterocycles. The molecule has 0 saturated heterocycles. The molecule has 0 fully saturated rings. The lowest BCUT2D eigenvalue weighted by Gasteiger charge is -2.01. The van der Waals surface area contributed by atoms with Crippen LogP contribution in [0.1, 0.15) is 16.8 Å². The highest BCUT2D eigenvalue weighted by atomic mass is 16.1. The number of benzene rings is 1. The number of aromatic amines is 2. The van der Waals surface area contributed by atoms with E-state index in [9.17, 15) is 4.79 Å². The number of aromatic nitrogens is 2. The number of H-pyrrole nitrogens is 2. The van der Waals surface area contributed by atoms with Crippen molar-refractivity contribution in [3.8, 4) is 0 Å². The molecule has 0 radical (unpaired) electrons. The average Bonchev–Trinajstić information content (AvgIpc) is 2.64. The minimum atomic E-state index is -0.0589. The van der Waals surface area contributed by atoms with Crippen LogP contribution < -0.4 is 11.3 Å². The van der Waals surface area contributed by atoms with Gasteiger partial charge in [-0.1, -0.05) is 30.3 Å². The van der Waals surface area contributed by atoms with Crippen LogP contribution in [0.5, 0.6) is 0 Å². The van der Waals surface area contributed by atoms with Crippen LogP contribution in [0.15, 0.2) is 35.1 Å². The second-order valence-corrected chi connectivity index (χ2v) is 3.74. The van der Waals surface area contributed by atoms with E-state index >= 15 is 0 Å². The molecule has 1 heterocycles. The van der Waals surface area contributed by atoms with Crippen molar-refractivity contribution < 1.29 is 0 Å². The summed E-state index contributed by atoms with van der Waals surface area (Å²) in [4.78, 5) is 11.5. The van der Waals surface area contributed by atoms with E-state index in [2.05, 4.69) is 10.2 Å². The van der Waals surface area contributed by atoms with E-state index in [0.29, 0.717) is 13.0 Å². The zero-order valence-corrected chi connectivity index (χ0v) is 8.99. The summed E-state index contributed by atoms with van der Waals surface area (Å²) in [5.41, 5.74) is 8.30.